The van der Waals surface area contributed by atoms with Crippen LogP contribution in [0.2, 0.25) is 5.02 Å². The van der Waals surface area contributed by atoms with Crippen LogP contribution in [0.4, 0.5) is 17.6 Å². The van der Waals surface area contributed by atoms with E-state index in [4.69, 9.17) is 16.7 Å². The SMILES string of the molecule is CC[C@@H](C(=O)N[C@@H](CC(=O)O)C(=O)COc1c(F)c(F)cc(F)c1F)n1ccc2ccc(Cl)cc2c1=O. The summed E-state index contributed by atoms with van der Waals surface area (Å²) < 4.78 is 60.0. The molecule has 0 aliphatic carbocycles. The zero-order chi connectivity index (χ0) is 27.4. The second-order valence-corrected chi connectivity index (χ2v) is 8.33. The maximum atomic E-state index is 13.8. The lowest BCUT2D eigenvalue weighted by Gasteiger charge is -2.22. The maximum Gasteiger partial charge on any atom is 0.305 e. The molecule has 0 bridgehead atoms. The minimum atomic E-state index is -1.90. The zero-order valence-electron chi connectivity index (χ0n) is 19.1. The summed E-state index contributed by atoms with van der Waals surface area (Å²) in [5.74, 6) is -12.4. The zero-order valence-corrected chi connectivity index (χ0v) is 19.8. The first-order valence-corrected chi connectivity index (χ1v) is 11.1. The Morgan fingerprint density at radius 1 is 1.08 bits per heavy atom. The number of carbonyl (C=O) groups excluding carboxylic acids is 2. The van der Waals surface area contributed by atoms with E-state index in [1.807, 2.05) is 0 Å². The van der Waals surface area contributed by atoms with E-state index >= 15 is 0 Å². The summed E-state index contributed by atoms with van der Waals surface area (Å²) >= 11 is 5.96. The number of fused-ring (bicyclic) bond motifs is 1. The third-order valence-corrected chi connectivity index (χ3v) is 5.67. The van der Waals surface area contributed by atoms with Crippen LogP contribution in [0.15, 0.2) is 41.3 Å². The van der Waals surface area contributed by atoms with Crippen molar-refractivity contribution in [3.63, 3.8) is 0 Å². The quantitative estimate of drug-likeness (QED) is 0.298. The highest BCUT2D eigenvalue weighted by atomic mass is 35.5. The van der Waals surface area contributed by atoms with Crippen molar-refractivity contribution in [3.05, 3.63) is 75.2 Å². The van der Waals surface area contributed by atoms with Gasteiger partial charge < -0.3 is 19.7 Å². The molecule has 196 valence electrons. The lowest BCUT2D eigenvalue weighted by atomic mass is 10.1. The molecule has 2 aromatic carbocycles. The van der Waals surface area contributed by atoms with Crippen LogP contribution in [0.3, 0.4) is 0 Å². The van der Waals surface area contributed by atoms with Crippen LogP contribution >= 0.6 is 11.6 Å². The number of halogens is 5. The second-order valence-electron chi connectivity index (χ2n) is 7.90. The lowest BCUT2D eigenvalue weighted by molar-refractivity contribution is -0.140. The highest BCUT2D eigenvalue weighted by Gasteiger charge is 2.30. The molecule has 3 rings (SSSR count). The Bertz CT molecular complexity index is 1420. The molecule has 1 aromatic heterocycles. The molecule has 0 spiro atoms. The van der Waals surface area contributed by atoms with Crippen molar-refractivity contribution in [1.82, 2.24) is 9.88 Å². The molecule has 8 nitrogen and oxygen atoms in total. The molecule has 13 heteroatoms. The molecule has 3 aromatic rings. The predicted molar refractivity (Wildman–Crippen MR) is 124 cm³/mol. The summed E-state index contributed by atoms with van der Waals surface area (Å²) in [6, 6.07) is 3.20. The molecule has 0 unspecified atom stereocenters. The van der Waals surface area contributed by atoms with E-state index in [1.165, 1.54) is 12.3 Å². The minimum absolute atomic E-state index is 0.0552. The average molecular weight is 543 g/mol. The van der Waals surface area contributed by atoms with E-state index in [1.54, 1.807) is 25.1 Å². The number of ketones is 1. The Labute approximate surface area is 211 Å². The number of carboxylic acids is 1. The Balaban J connectivity index is 1.84. The molecular weight excluding hydrogens is 524 g/mol. The summed E-state index contributed by atoms with van der Waals surface area (Å²) in [6.45, 7) is 0.347. The number of pyridine rings is 1. The van der Waals surface area contributed by atoms with Crippen molar-refractivity contribution in [2.75, 3.05) is 6.61 Å². The number of hydrogen-bond donors (Lipinski definition) is 2. The molecular formula is C24H19ClF4N2O6. The first-order chi connectivity index (χ1) is 17.4. The van der Waals surface area contributed by atoms with Gasteiger partial charge in [0.2, 0.25) is 17.5 Å². The summed E-state index contributed by atoms with van der Waals surface area (Å²) in [5.41, 5.74) is -0.564. The number of nitrogens with one attached hydrogen (secondary N) is 1. The van der Waals surface area contributed by atoms with E-state index < -0.39 is 77.3 Å². The van der Waals surface area contributed by atoms with Gasteiger partial charge in [-0.05, 0) is 30.0 Å². The van der Waals surface area contributed by atoms with Crippen LogP contribution in [0.1, 0.15) is 25.8 Å². The number of aliphatic carboxylic acids is 1. The summed E-state index contributed by atoms with van der Waals surface area (Å²) in [6.07, 6.45) is 0.462. The van der Waals surface area contributed by atoms with Gasteiger partial charge in [0.1, 0.15) is 18.7 Å². The average Bonchev–Trinajstić information content (AvgIpc) is 2.84. The molecule has 2 atom stereocenters. The Kier molecular flexibility index (Phi) is 8.53. The molecule has 0 aliphatic heterocycles. The standard InChI is InChI=1S/C24H19ClF4N2O6/c1-2-17(31-6-5-11-3-4-12(25)7-13(11)24(31)36)23(35)30-16(9-19(33)34)18(32)10-37-22-20(28)14(26)8-15(27)21(22)29/h3-8,16-17H,2,9-10H2,1H3,(H,30,35)(H,33,34)/t16-,17-/m0/s1. The Morgan fingerprint density at radius 2 is 1.73 bits per heavy atom. The Hall–Kier alpha value is -3.93. The fourth-order valence-corrected chi connectivity index (χ4v) is 3.76. The molecule has 37 heavy (non-hydrogen) atoms. The van der Waals surface area contributed by atoms with E-state index in [0.717, 1.165) is 4.57 Å². The molecule has 2 N–H and O–H groups in total. The number of Topliss-reactive ketones (excluding diaryl/α,β-unsaturated/α-hetero) is 1. The van der Waals surface area contributed by atoms with Crippen molar-refractivity contribution >= 4 is 40.0 Å². The van der Waals surface area contributed by atoms with Crippen LogP contribution in [0.5, 0.6) is 5.75 Å². The number of ether oxygens (including phenoxy) is 1. The number of nitrogens with zero attached hydrogens (tertiary/aromatic N) is 1. The molecule has 0 aliphatic rings. The topological polar surface area (TPSA) is 115 Å². The highest BCUT2D eigenvalue weighted by molar-refractivity contribution is 6.31. The van der Waals surface area contributed by atoms with Gasteiger partial charge in [0, 0.05) is 22.7 Å². The maximum absolute atomic E-state index is 13.8. The van der Waals surface area contributed by atoms with Crippen molar-refractivity contribution < 1.29 is 41.8 Å². The van der Waals surface area contributed by atoms with Gasteiger partial charge in [-0.25, -0.2) is 8.78 Å². The van der Waals surface area contributed by atoms with Crippen LogP contribution in [-0.2, 0) is 14.4 Å². The van der Waals surface area contributed by atoms with Gasteiger partial charge in [0.25, 0.3) is 5.56 Å². The van der Waals surface area contributed by atoms with Gasteiger partial charge in [-0.2, -0.15) is 8.78 Å². The van der Waals surface area contributed by atoms with Crippen molar-refractivity contribution in [2.24, 2.45) is 0 Å². The van der Waals surface area contributed by atoms with E-state index in [0.29, 0.717) is 5.39 Å². The summed E-state index contributed by atoms with van der Waals surface area (Å²) in [5, 5.41) is 12.4. The Morgan fingerprint density at radius 3 is 2.32 bits per heavy atom. The van der Waals surface area contributed by atoms with Crippen LogP contribution in [-0.4, -0.2) is 40.0 Å². The van der Waals surface area contributed by atoms with Gasteiger partial charge in [-0.15, -0.1) is 0 Å². The minimum Gasteiger partial charge on any atom is -0.481 e. The molecule has 1 amide bonds. The van der Waals surface area contributed by atoms with Gasteiger partial charge in [-0.3, -0.25) is 19.2 Å². The van der Waals surface area contributed by atoms with E-state index in [-0.39, 0.29) is 22.9 Å². The third-order valence-electron chi connectivity index (χ3n) is 5.43. The number of carboxylic acid groups (broad SMARTS) is 1. The smallest absolute Gasteiger partial charge is 0.305 e. The summed E-state index contributed by atoms with van der Waals surface area (Å²) in [7, 11) is 0. The first-order valence-electron chi connectivity index (χ1n) is 10.8. The number of hydrogen-bond acceptors (Lipinski definition) is 5. The third kappa shape index (κ3) is 6.08. The van der Waals surface area contributed by atoms with E-state index in [9.17, 15) is 36.7 Å². The number of rotatable bonds is 10. The van der Waals surface area contributed by atoms with Crippen LogP contribution < -0.4 is 15.6 Å². The summed E-state index contributed by atoms with van der Waals surface area (Å²) in [4.78, 5) is 49.8. The predicted octanol–water partition coefficient (Wildman–Crippen LogP) is 3.77. The molecule has 0 saturated carbocycles. The first kappa shape index (κ1) is 27.7. The fraction of sp³-hybridized carbons (Fsp3) is 0.250. The normalized spacial score (nSPS) is 12.7. The highest BCUT2D eigenvalue weighted by Crippen LogP contribution is 2.26. The molecule has 0 radical (unpaired) electrons. The lowest BCUT2D eigenvalue weighted by Crippen LogP contribution is -2.47. The fourth-order valence-electron chi connectivity index (χ4n) is 3.59. The number of aromatic nitrogens is 1. The number of carbonyl (C=O) groups is 3. The van der Waals surface area contributed by atoms with Crippen LogP contribution in [0.25, 0.3) is 10.8 Å². The van der Waals surface area contributed by atoms with E-state index in [2.05, 4.69) is 10.1 Å². The molecule has 0 saturated heterocycles. The van der Waals surface area contributed by atoms with Crippen molar-refractivity contribution in [2.45, 2.75) is 31.8 Å². The van der Waals surface area contributed by atoms with Gasteiger partial charge in [0.15, 0.2) is 23.2 Å². The largest absolute Gasteiger partial charge is 0.481 e. The van der Waals surface area contributed by atoms with Gasteiger partial charge in [-0.1, -0.05) is 24.6 Å². The van der Waals surface area contributed by atoms with Gasteiger partial charge in [0.05, 0.1) is 6.42 Å². The monoisotopic (exact) mass is 542 g/mol. The van der Waals surface area contributed by atoms with Crippen LogP contribution in [0, 0.1) is 23.3 Å². The van der Waals surface area contributed by atoms with Crippen molar-refractivity contribution in [3.8, 4) is 5.75 Å². The number of benzene rings is 2. The second kappa shape index (κ2) is 11.4. The molecule has 1 heterocycles. The van der Waals surface area contributed by atoms with Gasteiger partial charge >= 0.3 is 5.97 Å². The van der Waals surface area contributed by atoms with Crippen molar-refractivity contribution in [1.29, 1.82) is 0 Å². The number of amides is 1. The molecule has 0 fully saturated rings.